The van der Waals surface area contributed by atoms with Gasteiger partial charge in [0.1, 0.15) is 26.3 Å². The average Bonchev–Trinajstić information content (AvgIpc) is 0.816. The van der Waals surface area contributed by atoms with E-state index in [2.05, 4.69) is 132 Å². The van der Waals surface area contributed by atoms with Crippen molar-refractivity contribution in [3.8, 4) is 0 Å². The molecule has 0 aromatic carbocycles. The number of quaternary nitrogens is 2. The summed E-state index contributed by atoms with van der Waals surface area (Å²) in [7, 11) is 21.4. The Kier molecular flexibility index (Phi) is 67.0. The minimum atomic E-state index is 0. The van der Waals surface area contributed by atoms with E-state index in [4.69, 9.17) is 39.1 Å². The van der Waals surface area contributed by atoms with Crippen molar-refractivity contribution in [2.75, 3.05) is 150 Å². The van der Waals surface area contributed by atoms with Gasteiger partial charge in [0.25, 0.3) is 0 Å². The number of likely N-dealkylation sites (N-methyl/N-ethyl adjacent to an activating group) is 4. The van der Waals surface area contributed by atoms with Gasteiger partial charge in [0, 0.05) is 13.1 Å². The number of allylic oxidation sites excluding steroid dienone is 4. The molecule has 0 amide bonds. The van der Waals surface area contributed by atoms with Gasteiger partial charge in [0.15, 0.2) is 0 Å². The smallest absolute Gasteiger partial charge is 0.131 e. The van der Waals surface area contributed by atoms with Crippen LogP contribution in [0.2, 0.25) is 0 Å². The summed E-state index contributed by atoms with van der Waals surface area (Å²) < 4.78 is 1.82. The molecule has 12 nitrogen and oxygen atoms in total. The lowest BCUT2D eigenvalue weighted by Gasteiger charge is -2.46. The zero-order chi connectivity index (χ0) is 74.3. The first-order valence-corrected chi connectivity index (χ1v) is 44.8. The highest BCUT2D eigenvalue weighted by Gasteiger charge is 2.41. The Bertz CT molecular complexity index is 1830. The van der Waals surface area contributed by atoms with Crippen molar-refractivity contribution in [2.24, 2.45) is 59.2 Å². The maximum Gasteiger partial charge on any atom is 0.131 e. The number of unbranched alkanes of at least 4 members (excludes halogenated alkanes) is 28. The SMILES string of the molecule is C.CCCCCCC1C=C[C@@H](CCCCCCCCOOCC[N+](C)(C)C)C(/C=C\CCCCCCCCOOCCN(C)C)C1CCCCCC.CCCCCCC1CC[C@@H](CCCCCCCCOOCC[N+](C)(C)C)C(CC2CCCCCCC2COOCCN(C)C)C1CCCCCC. The summed E-state index contributed by atoms with van der Waals surface area (Å²) in [6.45, 7) is 18.8. The average molecular weight is 1460 g/mol. The lowest BCUT2D eigenvalue weighted by molar-refractivity contribution is -0.871. The number of rotatable bonds is 68. The molecule has 0 radical (unpaired) electrons. The summed E-state index contributed by atoms with van der Waals surface area (Å²) in [6.07, 6.45) is 78.9. The highest BCUT2D eigenvalue weighted by molar-refractivity contribution is 5.11. The fraction of sp³-hybridized carbons (Fsp3) is 0.956. The summed E-state index contributed by atoms with van der Waals surface area (Å²) in [4.78, 5) is 48.2. The van der Waals surface area contributed by atoms with E-state index in [1.54, 1.807) is 0 Å². The molecule has 2 fully saturated rings. The molecule has 0 aliphatic heterocycles. The number of nitrogens with zero attached hydrogens (tertiary/aromatic N) is 4. The molecule has 103 heavy (non-hydrogen) atoms. The molecule has 12 heteroatoms. The van der Waals surface area contributed by atoms with Crippen LogP contribution in [0.25, 0.3) is 0 Å². The van der Waals surface area contributed by atoms with Gasteiger partial charge in [-0.05, 0) is 171 Å². The van der Waals surface area contributed by atoms with E-state index in [0.29, 0.717) is 32.3 Å². The van der Waals surface area contributed by atoms with E-state index in [9.17, 15) is 0 Å². The van der Waals surface area contributed by atoms with Crippen molar-refractivity contribution < 1.29 is 48.1 Å². The zero-order valence-corrected chi connectivity index (χ0v) is 71.0. The second-order valence-electron chi connectivity index (χ2n) is 35.4. The van der Waals surface area contributed by atoms with Crippen molar-refractivity contribution in [3.63, 3.8) is 0 Å². The van der Waals surface area contributed by atoms with Crippen LogP contribution >= 0.6 is 0 Å². The van der Waals surface area contributed by atoms with Crippen molar-refractivity contribution in [2.45, 2.75) is 356 Å². The molecule has 3 aliphatic rings. The second kappa shape index (κ2) is 69.0. The van der Waals surface area contributed by atoms with E-state index in [1.807, 2.05) is 0 Å². The Balaban J connectivity index is 0.00000102. The van der Waals surface area contributed by atoms with E-state index in [1.165, 1.54) is 302 Å². The van der Waals surface area contributed by atoms with Gasteiger partial charge in [-0.2, -0.15) is 0 Å². The molecular formula is C91H184N4O8+2. The van der Waals surface area contributed by atoms with Gasteiger partial charge in [-0.1, -0.05) is 297 Å². The third kappa shape index (κ3) is 57.7. The number of hydrogen-bond donors (Lipinski definition) is 0. The molecule has 2 saturated carbocycles. The first kappa shape index (κ1) is 100. The molecule has 3 aliphatic carbocycles. The van der Waals surface area contributed by atoms with Crippen LogP contribution in [0.4, 0.5) is 0 Å². The first-order valence-electron chi connectivity index (χ1n) is 44.8. The van der Waals surface area contributed by atoms with Crippen LogP contribution in [-0.4, -0.2) is 168 Å². The van der Waals surface area contributed by atoms with Gasteiger partial charge in [-0.15, -0.1) is 0 Å². The minimum Gasteiger partial charge on any atom is -0.329 e. The summed E-state index contributed by atoms with van der Waals surface area (Å²) in [5, 5.41) is 0. The maximum atomic E-state index is 6.00. The Morgan fingerprint density at radius 3 is 1.16 bits per heavy atom. The fourth-order valence-corrected chi connectivity index (χ4v) is 16.8. The Morgan fingerprint density at radius 1 is 0.330 bits per heavy atom. The molecule has 3 rings (SSSR count). The van der Waals surface area contributed by atoms with Crippen LogP contribution in [0.1, 0.15) is 356 Å². The van der Waals surface area contributed by atoms with E-state index in [-0.39, 0.29) is 7.43 Å². The largest absolute Gasteiger partial charge is 0.329 e. The van der Waals surface area contributed by atoms with Crippen LogP contribution in [0, 0.1) is 59.2 Å². The molecule has 0 spiro atoms. The standard InChI is InChI=1S/C45H91N2O4.C45H89N2O4.CH4/c1-8-10-12-20-26-40-31-32-41(27-21-16-14-15-19-25-35-48-50-37-34-47(5,6)7)45(44(40)30-24-13-11-9-2)38-42-28-22-17-18-23-29-43(42)39-51-49-36-33-46(3)4;1-8-10-12-24-30-42-34-35-43(31-25-20-17-19-23-29-39-49-51-41-37-47(5,6)7)45(44(42)32-26-13-11-9-2)33-27-21-16-14-15-18-22-28-38-48-50-40-36-46(3)4;/h40-45H,8-39H2,1-7H3;27,33-35,42-45H,8-26,28-32,36-41H2,1-7H3;1H4/q2*+1;/b;33-27-;/t40?,41-,42?,43?,44?,45?;42?,43-,44?,45?;/m11./s1. The van der Waals surface area contributed by atoms with E-state index in [0.717, 1.165) is 134 Å². The highest BCUT2D eigenvalue weighted by atomic mass is 17.2. The van der Waals surface area contributed by atoms with Crippen molar-refractivity contribution in [3.05, 3.63) is 24.3 Å². The Labute approximate surface area is 643 Å². The van der Waals surface area contributed by atoms with Crippen molar-refractivity contribution in [1.82, 2.24) is 9.80 Å². The zero-order valence-electron chi connectivity index (χ0n) is 71.0. The lowest BCUT2D eigenvalue weighted by Crippen LogP contribution is -2.38. The van der Waals surface area contributed by atoms with Gasteiger partial charge in [0.2, 0.25) is 0 Å². The molecule has 0 N–H and O–H groups in total. The molecular weight excluding hydrogens is 1280 g/mol. The second-order valence-corrected chi connectivity index (χ2v) is 35.4. The third-order valence-electron chi connectivity index (χ3n) is 23.4. The monoisotopic (exact) mass is 1460 g/mol. The van der Waals surface area contributed by atoms with Crippen LogP contribution < -0.4 is 0 Å². The van der Waals surface area contributed by atoms with Crippen LogP contribution in [0.3, 0.4) is 0 Å². The molecule has 0 heterocycles. The Morgan fingerprint density at radius 2 is 0.689 bits per heavy atom. The van der Waals surface area contributed by atoms with E-state index < -0.39 is 0 Å². The van der Waals surface area contributed by atoms with Gasteiger partial charge >= 0.3 is 0 Å². The summed E-state index contributed by atoms with van der Waals surface area (Å²) in [5.41, 5.74) is 0. The van der Waals surface area contributed by atoms with Gasteiger partial charge in [-0.3, -0.25) is 0 Å². The predicted octanol–water partition coefficient (Wildman–Crippen LogP) is 24.8. The van der Waals surface area contributed by atoms with Gasteiger partial charge in [-0.25, -0.2) is 39.1 Å². The Hall–Kier alpha value is -1.00. The molecule has 10 atom stereocenters. The topological polar surface area (TPSA) is 80.3 Å². The van der Waals surface area contributed by atoms with Crippen molar-refractivity contribution >= 4 is 0 Å². The lowest BCUT2D eigenvalue weighted by atomic mass is 9.59. The normalized spacial score (nSPS) is 22.1. The first-order chi connectivity index (χ1) is 49.5. The van der Waals surface area contributed by atoms with Crippen LogP contribution in [0.5, 0.6) is 0 Å². The third-order valence-corrected chi connectivity index (χ3v) is 23.4. The summed E-state index contributed by atoms with van der Waals surface area (Å²) in [5.74, 6) is 8.23. The molecule has 8 unspecified atom stereocenters. The number of hydrogen-bond acceptors (Lipinski definition) is 10. The molecule has 0 bridgehead atoms. The molecule has 0 saturated heterocycles. The maximum absolute atomic E-state index is 6.00. The molecule has 0 aromatic rings. The van der Waals surface area contributed by atoms with Gasteiger partial charge in [0.05, 0.1) is 81.9 Å². The summed E-state index contributed by atoms with van der Waals surface area (Å²) in [6, 6.07) is 0. The quantitative estimate of drug-likeness (QED) is 0.0193. The predicted molar refractivity (Wildman–Crippen MR) is 444 cm³/mol. The minimum absolute atomic E-state index is 0. The fourth-order valence-electron chi connectivity index (χ4n) is 16.8. The molecule has 614 valence electrons. The van der Waals surface area contributed by atoms with E-state index >= 15 is 0 Å². The molecule has 0 aromatic heterocycles. The highest BCUT2D eigenvalue weighted by Crippen LogP contribution is 2.50. The van der Waals surface area contributed by atoms with Crippen LogP contribution in [0.15, 0.2) is 24.3 Å². The van der Waals surface area contributed by atoms with Crippen molar-refractivity contribution in [1.29, 1.82) is 0 Å². The van der Waals surface area contributed by atoms with Gasteiger partial charge < -0.3 is 18.8 Å². The summed E-state index contributed by atoms with van der Waals surface area (Å²) >= 11 is 0. The van der Waals surface area contributed by atoms with Crippen LogP contribution in [-0.2, 0) is 39.1 Å².